The number of ether oxygens (including phenoxy) is 1. The molecule has 2 aromatic carbocycles. The Hall–Kier alpha value is -3.64. The van der Waals surface area contributed by atoms with E-state index in [0.29, 0.717) is 17.9 Å². The van der Waals surface area contributed by atoms with Gasteiger partial charge in [-0.1, -0.05) is 68.4 Å². The minimum Gasteiger partial charge on any atom is -0.475 e. The van der Waals surface area contributed by atoms with E-state index in [1.165, 1.54) is 0 Å². The maximum Gasteiger partial charge on any atom is 0.378 e. The fourth-order valence-electron chi connectivity index (χ4n) is 5.01. The molecule has 32 heavy (non-hydrogen) atoms. The third-order valence-corrected chi connectivity index (χ3v) is 6.27. The number of carbonyl (C=O) groups excluding carboxylic acids is 1. The Morgan fingerprint density at radius 1 is 1.06 bits per heavy atom. The number of aliphatic carboxylic acids is 1. The number of carbonyl (C=O) groups is 2. The SMILES string of the molecule is COC1c2c(-c3ccccc3)c(-c3occ4ccccc34)c(C(=O)C(=O)O)n2CC1(C)C. The van der Waals surface area contributed by atoms with Gasteiger partial charge >= 0.3 is 5.97 Å². The Morgan fingerprint density at radius 3 is 2.44 bits per heavy atom. The summed E-state index contributed by atoms with van der Waals surface area (Å²) >= 11 is 0. The molecule has 1 atom stereocenters. The van der Waals surface area contributed by atoms with Gasteiger partial charge in [0.2, 0.25) is 0 Å². The van der Waals surface area contributed by atoms with E-state index < -0.39 is 11.8 Å². The number of hydrogen-bond acceptors (Lipinski definition) is 4. The first kappa shape index (κ1) is 20.3. The number of aromatic nitrogens is 1. The van der Waals surface area contributed by atoms with Crippen LogP contribution in [0, 0.1) is 5.41 Å². The summed E-state index contributed by atoms with van der Waals surface area (Å²) in [5.74, 6) is -1.98. The van der Waals surface area contributed by atoms with Crippen LogP contribution in [-0.2, 0) is 16.1 Å². The normalized spacial score (nSPS) is 16.9. The molecule has 0 amide bonds. The number of carboxylic acids is 1. The molecule has 5 rings (SSSR count). The lowest BCUT2D eigenvalue weighted by Gasteiger charge is -2.26. The van der Waals surface area contributed by atoms with Crippen molar-refractivity contribution < 1.29 is 23.8 Å². The number of methoxy groups -OCH3 is 1. The van der Waals surface area contributed by atoms with Gasteiger partial charge in [-0.2, -0.15) is 0 Å². The summed E-state index contributed by atoms with van der Waals surface area (Å²) in [6.45, 7) is 4.56. The average Bonchev–Trinajstić information content (AvgIpc) is 3.40. The predicted molar refractivity (Wildman–Crippen MR) is 121 cm³/mol. The largest absolute Gasteiger partial charge is 0.475 e. The quantitative estimate of drug-likeness (QED) is 0.332. The minimum atomic E-state index is -1.50. The first-order valence-corrected chi connectivity index (χ1v) is 10.4. The zero-order valence-corrected chi connectivity index (χ0v) is 18.1. The van der Waals surface area contributed by atoms with Crippen LogP contribution in [0.2, 0.25) is 0 Å². The molecule has 0 radical (unpaired) electrons. The van der Waals surface area contributed by atoms with Crippen LogP contribution in [0.5, 0.6) is 0 Å². The van der Waals surface area contributed by atoms with E-state index in [4.69, 9.17) is 9.15 Å². The third-order valence-electron chi connectivity index (χ3n) is 6.27. The Kier molecular flexibility index (Phi) is 4.57. The fraction of sp³-hybridized carbons (Fsp3) is 0.231. The van der Waals surface area contributed by atoms with Gasteiger partial charge in [0.1, 0.15) is 17.6 Å². The number of hydrogen-bond donors (Lipinski definition) is 1. The van der Waals surface area contributed by atoms with Crippen molar-refractivity contribution in [2.45, 2.75) is 26.5 Å². The van der Waals surface area contributed by atoms with E-state index in [1.807, 2.05) is 59.2 Å². The summed E-state index contributed by atoms with van der Waals surface area (Å²) in [6.07, 6.45) is 1.31. The molecular weight excluding hydrogens is 406 g/mol. The van der Waals surface area contributed by atoms with Crippen molar-refractivity contribution >= 4 is 22.5 Å². The van der Waals surface area contributed by atoms with Crippen molar-refractivity contribution in [2.24, 2.45) is 5.41 Å². The van der Waals surface area contributed by atoms with Gasteiger partial charge in [-0.05, 0) is 5.56 Å². The zero-order chi connectivity index (χ0) is 22.6. The second-order valence-electron chi connectivity index (χ2n) is 8.83. The number of ketones is 1. The highest BCUT2D eigenvalue weighted by molar-refractivity contribution is 6.41. The zero-order valence-electron chi connectivity index (χ0n) is 18.1. The number of furan rings is 1. The number of carboxylic acid groups (broad SMARTS) is 1. The fourth-order valence-corrected chi connectivity index (χ4v) is 5.01. The number of nitrogens with zero attached hydrogens (tertiary/aromatic N) is 1. The van der Waals surface area contributed by atoms with Crippen LogP contribution < -0.4 is 0 Å². The van der Waals surface area contributed by atoms with E-state index in [1.54, 1.807) is 13.4 Å². The summed E-state index contributed by atoms with van der Waals surface area (Å²) in [5.41, 5.74) is 2.73. The Morgan fingerprint density at radius 2 is 1.75 bits per heavy atom. The molecule has 3 heterocycles. The van der Waals surface area contributed by atoms with Crippen LogP contribution >= 0.6 is 0 Å². The van der Waals surface area contributed by atoms with Crippen LogP contribution in [0.3, 0.4) is 0 Å². The lowest BCUT2D eigenvalue weighted by Crippen LogP contribution is -2.22. The molecule has 0 aliphatic carbocycles. The second kappa shape index (κ2) is 7.21. The lowest BCUT2D eigenvalue weighted by atomic mass is 9.84. The van der Waals surface area contributed by atoms with E-state index in [2.05, 4.69) is 13.8 Å². The number of Topliss-reactive ketones (excluding diaryl/α,β-unsaturated/α-hetero) is 1. The monoisotopic (exact) mass is 429 g/mol. The van der Waals surface area contributed by atoms with Gasteiger partial charge < -0.3 is 18.8 Å². The highest BCUT2D eigenvalue weighted by atomic mass is 16.5. The lowest BCUT2D eigenvalue weighted by molar-refractivity contribution is -0.131. The maximum absolute atomic E-state index is 13.1. The summed E-state index contributed by atoms with van der Waals surface area (Å²) in [7, 11) is 1.64. The molecule has 4 aromatic rings. The smallest absolute Gasteiger partial charge is 0.378 e. The number of fused-ring (bicyclic) bond motifs is 2. The summed E-state index contributed by atoms with van der Waals surface area (Å²) in [4.78, 5) is 25.0. The van der Waals surface area contributed by atoms with E-state index in [-0.39, 0.29) is 17.2 Å². The van der Waals surface area contributed by atoms with Crippen molar-refractivity contribution in [1.29, 1.82) is 0 Å². The molecule has 0 bridgehead atoms. The summed E-state index contributed by atoms with van der Waals surface area (Å²) < 4.78 is 13.7. The first-order valence-electron chi connectivity index (χ1n) is 10.4. The van der Waals surface area contributed by atoms with E-state index >= 15 is 0 Å². The Bertz CT molecular complexity index is 1360. The molecule has 0 fully saturated rings. The molecule has 1 unspecified atom stereocenters. The van der Waals surface area contributed by atoms with Gasteiger partial charge in [-0.15, -0.1) is 0 Å². The van der Waals surface area contributed by atoms with Gasteiger partial charge in [0, 0.05) is 35.4 Å². The van der Waals surface area contributed by atoms with E-state index in [9.17, 15) is 14.7 Å². The first-order chi connectivity index (χ1) is 15.3. The number of rotatable bonds is 5. The maximum atomic E-state index is 13.1. The van der Waals surface area contributed by atoms with Crippen LogP contribution in [0.1, 0.15) is 36.1 Å². The standard InChI is InChI=1S/C26H23NO5/c1-26(2)14-27-20(22(28)25(29)30)19(23-17-12-8-7-11-16(17)13-32-23)18(21(27)24(26)31-3)15-9-5-4-6-10-15/h4-13,24H,14H2,1-3H3,(H,29,30). The minimum absolute atomic E-state index is 0.124. The van der Waals surface area contributed by atoms with Crippen LogP contribution in [0.25, 0.3) is 33.2 Å². The van der Waals surface area contributed by atoms with Gasteiger partial charge in [-0.3, -0.25) is 4.79 Å². The van der Waals surface area contributed by atoms with Crippen molar-refractivity contribution in [3.8, 4) is 22.5 Å². The number of benzene rings is 2. The average molecular weight is 429 g/mol. The van der Waals surface area contributed by atoms with Gasteiger partial charge in [0.25, 0.3) is 5.78 Å². The second-order valence-corrected chi connectivity index (χ2v) is 8.83. The van der Waals surface area contributed by atoms with Gasteiger partial charge in [0.15, 0.2) is 0 Å². The van der Waals surface area contributed by atoms with Crippen LogP contribution in [0.4, 0.5) is 0 Å². The molecule has 1 aliphatic rings. The molecule has 162 valence electrons. The molecule has 1 N–H and O–H groups in total. The van der Waals surface area contributed by atoms with Crippen LogP contribution in [0.15, 0.2) is 65.3 Å². The molecule has 2 aromatic heterocycles. The summed E-state index contributed by atoms with van der Waals surface area (Å²) in [6, 6.07) is 17.3. The van der Waals surface area contributed by atoms with Crippen molar-refractivity contribution in [1.82, 2.24) is 4.57 Å². The molecule has 6 heteroatoms. The van der Waals surface area contributed by atoms with Crippen molar-refractivity contribution in [3.05, 3.63) is 72.2 Å². The van der Waals surface area contributed by atoms with Gasteiger partial charge in [0.05, 0.1) is 17.5 Å². The molecule has 0 saturated carbocycles. The molecular formula is C26H23NO5. The van der Waals surface area contributed by atoms with Crippen LogP contribution in [-0.4, -0.2) is 28.5 Å². The summed E-state index contributed by atoms with van der Waals surface area (Å²) in [5, 5.41) is 11.4. The molecule has 0 spiro atoms. The molecule has 0 saturated heterocycles. The highest BCUT2D eigenvalue weighted by Crippen LogP contribution is 2.54. The van der Waals surface area contributed by atoms with E-state index in [0.717, 1.165) is 27.6 Å². The Balaban J connectivity index is 1.95. The third kappa shape index (κ3) is 2.83. The molecule has 6 nitrogen and oxygen atoms in total. The predicted octanol–water partition coefficient (Wildman–Crippen LogP) is 5.56. The topological polar surface area (TPSA) is 81.7 Å². The molecule has 1 aliphatic heterocycles. The Labute approximate surface area is 185 Å². The highest BCUT2D eigenvalue weighted by Gasteiger charge is 2.47. The van der Waals surface area contributed by atoms with Crippen molar-refractivity contribution in [2.75, 3.05) is 7.11 Å². The van der Waals surface area contributed by atoms with Crippen molar-refractivity contribution in [3.63, 3.8) is 0 Å². The van der Waals surface area contributed by atoms with Gasteiger partial charge in [-0.25, -0.2) is 4.79 Å².